The Morgan fingerprint density at radius 3 is 2.50 bits per heavy atom. The minimum absolute atomic E-state index is 0.0459. The molecule has 0 saturated carbocycles. The molecule has 0 N–H and O–H groups in total. The Morgan fingerprint density at radius 2 is 1.92 bits per heavy atom. The van der Waals surface area contributed by atoms with Gasteiger partial charge in [-0.1, -0.05) is 47.5 Å². The number of hydrogen-bond acceptors (Lipinski definition) is 2. The Bertz CT molecular complexity index is 679. The zero-order chi connectivity index (χ0) is 19.1. The largest absolute Gasteiger partial charge is 0.337 e. The van der Waals surface area contributed by atoms with Gasteiger partial charge in [0, 0.05) is 13.6 Å². The molecule has 1 amide bonds. The van der Waals surface area contributed by atoms with Crippen molar-refractivity contribution < 1.29 is 4.79 Å². The monoisotopic (exact) mass is 394 g/mol. The second kappa shape index (κ2) is 10.1. The van der Waals surface area contributed by atoms with Gasteiger partial charge < -0.3 is 9.80 Å². The van der Waals surface area contributed by atoms with E-state index in [-0.39, 0.29) is 11.9 Å². The molecule has 0 aliphatic carbocycles. The summed E-state index contributed by atoms with van der Waals surface area (Å²) in [5.74, 6) is 0.0800. The Hall–Kier alpha value is -1.29. The van der Waals surface area contributed by atoms with Crippen molar-refractivity contribution in [2.75, 3.05) is 26.7 Å². The van der Waals surface area contributed by atoms with Crippen LogP contribution in [0.2, 0.25) is 10.0 Å². The summed E-state index contributed by atoms with van der Waals surface area (Å²) in [6, 6.07) is 5.42. The molecule has 1 fully saturated rings. The standard InChI is InChI=1S/C21H28Cl2N2O/c1-4-8-17(5-2)20(15-25-11-6-7-12-25)24(3)21(26)14-16-9-10-18(22)19(23)13-16/h4-5,8-10,13,20H,6-7,11-12,14-15H2,1-3H3/b8-4-,17-5+/t20-/m1/s1. The van der Waals surface area contributed by atoms with Crippen LogP contribution in [0.5, 0.6) is 0 Å². The first-order chi connectivity index (χ1) is 12.5. The zero-order valence-corrected chi connectivity index (χ0v) is 17.4. The molecular formula is C21H28Cl2N2O. The van der Waals surface area contributed by atoms with Gasteiger partial charge in [-0.25, -0.2) is 0 Å². The predicted octanol–water partition coefficient (Wildman–Crippen LogP) is 4.98. The lowest BCUT2D eigenvalue weighted by Crippen LogP contribution is -2.45. The third-order valence-electron chi connectivity index (χ3n) is 4.91. The highest BCUT2D eigenvalue weighted by atomic mass is 35.5. The number of hydrogen-bond donors (Lipinski definition) is 0. The molecule has 142 valence electrons. The molecule has 0 unspecified atom stereocenters. The molecule has 1 aromatic carbocycles. The first-order valence-electron chi connectivity index (χ1n) is 9.17. The molecule has 5 heteroatoms. The van der Waals surface area contributed by atoms with E-state index in [1.165, 1.54) is 18.4 Å². The van der Waals surface area contributed by atoms with E-state index in [9.17, 15) is 4.79 Å². The number of benzene rings is 1. The van der Waals surface area contributed by atoms with Crippen LogP contribution >= 0.6 is 23.2 Å². The quantitative estimate of drug-likeness (QED) is 0.608. The van der Waals surface area contributed by atoms with Crippen LogP contribution < -0.4 is 0 Å². The summed E-state index contributed by atoms with van der Waals surface area (Å²) < 4.78 is 0. The highest BCUT2D eigenvalue weighted by Crippen LogP contribution is 2.23. The van der Waals surface area contributed by atoms with Crippen molar-refractivity contribution in [1.82, 2.24) is 9.80 Å². The van der Waals surface area contributed by atoms with Crippen LogP contribution in [-0.4, -0.2) is 48.4 Å². The van der Waals surface area contributed by atoms with Crippen molar-refractivity contribution in [2.24, 2.45) is 0 Å². The number of likely N-dealkylation sites (N-methyl/N-ethyl adjacent to an activating group) is 1. The summed E-state index contributed by atoms with van der Waals surface area (Å²) in [5, 5.41) is 0.990. The van der Waals surface area contributed by atoms with Crippen LogP contribution in [0, 0.1) is 0 Å². The maximum absolute atomic E-state index is 12.9. The van der Waals surface area contributed by atoms with Crippen molar-refractivity contribution in [2.45, 2.75) is 39.2 Å². The van der Waals surface area contributed by atoms with E-state index in [1.54, 1.807) is 12.1 Å². The molecule has 0 aromatic heterocycles. The minimum Gasteiger partial charge on any atom is -0.337 e. The second-order valence-corrected chi connectivity index (χ2v) is 7.56. The Morgan fingerprint density at radius 1 is 1.23 bits per heavy atom. The van der Waals surface area contributed by atoms with Gasteiger partial charge in [-0.15, -0.1) is 0 Å². The average Bonchev–Trinajstić information content (AvgIpc) is 3.13. The maximum atomic E-state index is 12.9. The molecule has 0 radical (unpaired) electrons. The Labute approximate surface area is 167 Å². The van der Waals surface area contributed by atoms with E-state index in [4.69, 9.17) is 23.2 Å². The second-order valence-electron chi connectivity index (χ2n) is 6.74. The maximum Gasteiger partial charge on any atom is 0.227 e. The van der Waals surface area contributed by atoms with Crippen LogP contribution in [-0.2, 0) is 11.2 Å². The third kappa shape index (κ3) is 5.60. The molecule has 2 rings (SSSR count). The SMILES string of the molecule is C/C=C\C(=C/C)[C@@H](CN1CCCC1)N(C)C(=O)Cc1ccc(Cl)c(Cl)c1. The third-order valence-corrected chi connectivity index (χ3v) is 5.65. The van der Waals surface area contributed by atoms with Crippen molar-refractivity contribution in [3.05, 3.63) is 57.6 Å². The van der Waals surface area contributed by atoms with Gasteiger partial charge in [-0.3, -0.25) is 4.79 Å². The number of likely N-dealkylation sites (tertiary alicyclic amines) is 1. The number of carbonyl (C=O) groups is 1. The highest BCUT2D eigenvalue weighted by Gasteiger charge is 2.26. The number of rotatable bonds is 7. The van der Waals surface area contributed by atoms with Gasteiger partial charge in [0.2, 0.25) is 5.91 Å². The van der Waals surface area contributed by atoms with Crippen molar-refractivity contribution in [1.29, 1.82) is 0 Å². The van der Waals surface area contributed by atoms with E-state index < -0.39 is 0 Å². The molecule has 1 aliphatic heterocycles. The first kappa shape index (κ1) is 21.0. The minimum atomic E-state index is 0.0459. The van der Waals surface area contributed by atoms with Gasteiger partial charge in [-0.2, -0.15) is 0 Å². The van der Waals surface area contributed by atoms with Crippen LogP contribution in [0.25, 0.3) is 0 Å². The molecule has 1 aliphatic rings. The van der Waals surface area contributed by atoms with Crippen molar-refractivity contribution in [3.8, 4) is 0 Å². The fourth-order valence-electron chi connectivity index (χ4n) is 3.38. The Balaban J connectivity index is 2.15. The van der Waals surface area contributed by atoms with E-state index in [1.807, 2.05) is 37.9 Å². The highest BCUT2D eigenvalue weighted by molar-refractivity contribution is 6.42. The molecule has 1 saturated heterocycles. The lowest BCUT2D eigenvalue weighted by Gasteiger charge is -2.33. The Kier molecular flexibility index (Phi) is 8.20. The summed E-state index contributed by atoms with van der Waals surface area (Å²) in [5.41, 5.74) is 2.05. The molecule has 0 spiro atoms. The normalized spacial score (nSPS) is 17.0. The molecule has 1 heterocycles. The number of allylic oxidation sites excluding steroid dienone is 2. The fourth-order valence-corrected chi connectivity index (χ4v) is 3.70. The first-order valence-corrected chi connectivity index (χ1v) is 9.92. The number of amides is 1. The van der Waals surface area contributed by atoms with Crippen molar-refractivity contribution >= 4 is 29.1 Å². The van der Waals surface area contributed by atoms with Crippen molar-refractivity contribution in [3.63, 3.8) is 0 Å². The fraction of sp³-hybridized carbons (Fsp3) is 0.476. The summed E-state index contributed by atoms with van der Waals surface area (Å²) in [6.45, 7) is 7.13. The zero-order valence-electron chi connectivity index (χ0n) is 15.8. The average molecular weight is 395 g/mol. The smallest absolute Gasteiger partial charge is 0.227 e. The van der Waals surface area contributed by atoms with Gasteiger partial charge in [0.1, 0.15) is 0 Å². The van der Waals surface area contributed by atoms with Crippen LogP contribution in [0.4, 0.5) is 0 Å². The predicted molar refractivity (Wildman–Crippen MR) is 111 cm³/mol. The van der Waals surface area contributed by atoms with E-state index in [0.29, 0.717) is 16.5 Å². The van der Waals surface area contributed by atoms with Crippen LogP contribution in [0.3, 0.4) is 0 Å². The summed E-state index contributed by atoms with van der Waals surface area (Å²) >= 11 is 12.1. The van der Waals surface area contributed by atoms with Gasteiger partial charge in [-0.05, 0) is 63.0 Å². The van der Waals surface area contributed by atoms with E-state index >= 15 is 0 Å². The number of nitrogens with zero attached hydrogens (tertiary/aromatic N) is 2. The molecule has 1 aromatic rings. The molecule has 1 atom stereocenters. The molecular weight excluding hydrogens is 367 g/mol. The lowest BCUT2D eigenvalue weighted by atomic mass is 10.0. The lowest BCUT2D eigenvalue weighted by molar-refractivity contribution is -0.130. The van der Waals surface area contributed by atoms with Gasteiger partial charge >= 0.3 is 0 Å². The summed E-state index contributed by atoms with van der Waals surface area (Å²) in [6.07, 6.45) is 9.03. The van der Waals surface area contributed by atoms with E-state index in [0.717, 1.165) is 25.2 Å². The van der Waals surface area contributed by atoms with Gasteiger partial charge in [0.25, 0.3) is 0 Å². The van der Waals surface area contributed by atoms with Gasteiger partial charge in [0.05, 0.1) is 22.5 Å². The van der Waals surface area contributed by atoms with Crippen LogP contribution in [0.1, 0.15) is 32.3 Å². The summed E-state index contributed by atoms with van der Waals surface area (Å²) in [4.78, 5) is 17.2. The van der Waals surface area contributed by atoms with E-state index in [2.05, 4.69) is 17.1 Å². The van der Waals surface area contributed by atoms with Gasteiger partial charge in [0.15, 0.2) is 0 Å². The number of halogens is 2. The summed E-state index contributed by atoms with van der Waals surface area (Å²) in [7, 11) is 1.90. The molecule has 3 nitrogen and oxygen atoms in total. The topological polar surface area (TPSA) is 23.6 Å². The molecule has 0 bridgehead atoms. The van der Waals surface area contributed by atoms with Crippen LogP contribution in [0.15, 0.2) is 42.0 Å². The molecule has 26 heavy (non-hydrogen) atoms. The number of carbonyl (C=O) groups excluding carboxylic acids is 1.